The van der Waals surface area contributed by atoms with Gasteiger partial charge in [0, 0.05) is 18.5 Å². The summed E-state index contributed by atoms with van der Waals surface area (Å²) in [4.78, 5) is 0. The Morgan fingerprint density at radius 1 is 1.38 bits per heavy atom. The SMILES string of the molecule is C[C@@H]1OC(O)C[C@@H]1N[C@H](C)c1ccccc1. The maximum atomic E-state index is 9.39. The lowest BCUT2D eigenvalue weighted by Gasteiger charge is -2.21. The molecule has 0 spiro atoms. The molecule has 0 aromatic heterocycles. The average molecular weight is 221 g/mol. The van der Waals surface area contributed by atoms with E-state index in [1.165, 1.54) is 5.56 Å². The van der Waals surface area contributed by atoms with Gasteiger partial charge in [0.15, 0.2) is 6.29 Å². The largest absolute Gasteiger partial charge is 0.368 e. The summed E-state index contributed by atoms with van der Waals surface area (Å²) in [6.45, 7) is 4.12. The maximum Gasteiger partial charge on any atom is 0.156 e. The van der Waals surface area contributed by atoms with Gasteiger partial charge in [-0.2, -0.15) is 0 Å². The minimum atomic E-state index is -0.615. The summed E-state index contributed by atoms with van der Waals surface area (Å²) >= 11 is 0. The Hall–Kier alpha value is -0.900. The minimum Gasteiger partial charge on any atom is -0.368 e. The second-order valence-electron chi connectivity index (χ2n) is 4.44. The van der Waals surface area contributed by atoms with Crippen LogP contribution in [0.3, 0.4) is 0 Å². The Balaban J connectivity index is 1.95. The van der Waals surface area contributed by atoms with Crippen LogP contribution in [0.15, 0.2) is 30.3 Å². The first kappa shape index (κ1) is 11.6. The molecule has 1 aromatic carbocycles. The second-order valence-corrected chi connectivity index (χ2v) is 4.44. The molecule has 0 amide bonds. The van der Waals surface area contributed by atoms with E-state index >= 15 is 0 Å². The zero-order valence-electron chi connectivity index (χ0n) is 9.76. The van der Waals surface area contributed by atoms with Crippen molar-refractivity contribution in [3.8, 4) is 0 Å². The predicted octanol–water partition coefficient (Wildman–Crippen LogP) is 1.83. The summed E-state index contributed by atoms with van der Waals surface area (Å²) in [5.41, 5.74) is 1.26. The number of nitrogens with one attached hydrogen (secondary N) is 1. The van der Waals surface area contributed by atoms with E-state index in [9.17, 15) is 5.11 Å². The maximum absolute atomic E-state index is 9.39. The van der Waals surface area contributed by atoms with Crippen LogP contribution in [-0.4, -0.2) is 23.5 Å². The highest BCUT2D eigenvalue weighted by molar-refractivity contribution is 5.18. The number of rotatable bonds is 3. The number of hydrogen-bond acceptors (Lipinski definition) is 3. The van der Waals surface area contributed by atoms with Gasteiger partial charge >= 0.3 is 0 Å². The topological polar surface area (TPSA) is 41.5 Å². The van der Waals surface area contributed by atoms with Crippen LogP contribution in [0, 0.1) is 0 Å². The predicted molar refractivity (Wildman–Crippen MR) is 63.0 cm³/mol. The molecule has 2 N–H and O–H groups in total. The molecule has 3 nitrogen and oxygen atoms in total. The van der Waals surface area contributed by atoms with Crippen LogP contribution in [-0.2, 0) is 4.74 Å². The summed E-state index contributed by atoms with van der Waals surface area (Å²) in [7, 11) is 0. The third-order valence-corrected chi connectivity index (χ3v) is 3.16. The molecular weight excluding hydrogens is 202 g/mol. The number of aliphatic hydroxyl groups excluding tert-OH is 1. The van der Waals surface area contributed by atoms with Crippen LogP contribution in [0.5, 0.6) is 0 Å². The highest BCUT2D eigenvalue weighted by Crippen LogP contribution is 2.21. The van der Waals surface area contributed by atoms with Crippen molar-refractivity contribution in [2.75, 3.05) is 0 Å². The summed E-state index contributed by atoms with van der Waals surface area (Å²) in [6, 6.07) is 10.8. The van der Waals surface area contributed by atoms with Crippen molar-refractivity contribution in [3.05, 3.63) is 35.9 Å². The van der Waals surface area contributed by atoms with E-state index in [0.29, 0.717) is 6.42 Å². The molecule has 0 saturated carbocycles. The average Bonchev–Trinajstić information content (AvgIpc) is 2.59. The highest BCUT2D eigenvalue weighted by Gasteiger charge is 2.31. The fourth-order valence-electron chi connectivity index (χ4n) is 2.17. The molecule has 1 aromatic rings. The van der Waals surface area contributed by atoms with Crippen molar-refractivity contribution in [2.24, 2.45) is 0 Å². The Labute approximate surface area is 96.4 Å². The molecule has 0 bridgehead atoms. The Morgan fingerprint density at radius 2 is 2.06 bits per heavy atom. The van der Waals surface area contributed by atoms with E-state index in [4.69, 9.17) is 4.74 Å². The summed E-state index contributed by atoms with van der Waals surface area (Å²) < 4.78 is 5.30. The fraction of sp³-hybridized carbons (Fsp3) is 0.538. The van der Waals surface area contributed by atoms with Gasteiger partial charge in [-0.1, -0.05) is 30.3 Å². The van der Waals surface area contributed by atoms with Crippen molar-refractivity contribution in [1.82, 2.24) is 5.32 Å². The first-order valence-electron chi connectivity index (χ1n) is 5.81. The summed E-state index contributed by atoms with van der Waals surface area (Å²) in [5.74, 6) is 0. The number of ether oxygens (including phenoxy) is 1. The zero-order chi connectivity index (χ0) is 11.5. The highest BCUT2D eigenvalue weighted by atomic mass is 16.6. The van der Waals surface area contributed by atoms with E-state index in [2.05, 4.69) is 24.4 Å². The van der Waals surface area contributed by atoms with Gasteiger partial charge in [-0.05, 0) is 19.4 Å². The Morgan fingerprint density at radius 3 is 2.62 bits per heavy atom. The smallest absolute Gasteiger partial charge is 0.156 e. The molecule has 1 saturated heterocycles. The van der Waals surface area contributed by atoms with Crippen molar-refractivity contribution in [1.29, 1.82) is 0 Å². The molecule has 1 heterocycles. The number of aliphatic hydroxyl groups is 1. The normalized spacial score (nSPS) is 31.6. The van der Waals surface area contributed by atoms with Crippen molar-refractivity contribution >= 4 is 0 Å². The van der Waals surface area contributed by atoms with Gasteiger partial charge in [-0.15, -0.1) is 0 Å². The van der Waals surface area contributed by atoms with Gasteiger partial charge in [0.1, 0.15) is 0 Å². The Kier molecular flexibility index (Phi) is 3.59. The molecule has 0 aliphatic carbocycles. The van der Waals surface area contributed by atoms with Crippen LogP contribution >= 0.6 is 0 Å². The van der Waals surface area contributed by atoms with Crippen LogP contribution in [0.2, 0.25) is 0 Å². The van der Waals surface area contributed by atoms with E-state index in [1.807, 2.05) is 25.1 Å². The van der Waals surface area contributed by atoms with Crippen LogP contribution < -0.4 is 5.32 Å². The number of hydrogen-bond donors (Lipinski definition) is 2. The van der Waals surface area contributed by atoms with Crippen LogP contribution in [0.25, 0.3) is 0 Å². The molecule has 16 heavy (non-hydrogen) atoms. The minimum absolute atomic E-state index is 0.0705. The quantitative estimate of drug-likeness (QED) is 0.818. The zero-order valence-corrected chi connectivity index (χ0v) is 9.76. The van der Waals surface area contributed by atoms with Gasteiger partial charge < -0.3 is 15.2 Å². The molecule has 1 aliphatic rings. The van der Waals surface area contributed by atoms with E-state index in [-0.39, 0.29) is 18.2 Å². The molecule has 88 valence electrons. The molecule has 0 radical (unpaired) electrons. The van der Waals surface area contributed by atoms with Crippen molar-refractivity contribution in [2.45, 2.75) is 44.7 Å². The van der Waals surface area contributed by atoms with Gasteiger partial charge in [-0.25, -0.2) is 0 Å². The second kappa shape index (κ2) is 4.95. The van der Waals surface area contributed by atoms with E-state index < -0.39 is 6.29 Å². The van der Waals surface area contributed by atoms with Gasteiger partial charge in [0.05, 0.1) is 6.10 Å². The monoisotopic (exact) mass is 221 g/mol. The molecule has 4 atom stereocenters. The lowest BCUT2D eigenvalue weighted by atomic mass is 10.1. The molecule has 1 unspecified atom stereocenters. The van der Waals surface area contributed by atoms with Crippen molar-refractivity contribution in [3.63, 3.8) is 0 Å². The van der Waals surface area contributed by atoms with Gasteiger partial charge in [-0.3, -0.25) is 0 Å². The molecular formula is C13H19NO2. The third kappa shape index (κ3) is 2.61. The first-order valence-corrected chi connectivity index (χ1v) is 5.81. The molecule has 1 aliphatic heterocycles. The fourth-order valence-corrected chi connectivity index (χ4v) is 2.17. The summed E-state index contributed by atoms with van der Waals surface area (Å²) in [5, 5.41) is 12.9. The molecule has 2 rings (SSSR count). The standard InChI is InChI=1S/C13H19NO2/c1-9(11-6-4-3-5-7-11)14-12-8-13(15)16-10(12)2/h3-7,9-10,12-15H,8H2,1-2H3/t9-,10+,12+,13?/m1/s1. The van der Waals surface area contributed by atoms with Crippen LogP contribution in [0.4, 0.5) is 0 Å². The third-order valence-electron chi connectivity index (χ3n) is 3.16. The van der Waals surface area contributed by atoms with Gasteiger partial charge in [0.25, 0.3) is 0 Å². The van der Waals surface area contributed by atoms with Crippen molar-refractivity contribution < 1.29 is 9.84 Å². The lowest BCUT2D eigenvalue weighted by Crippen LogP contribution is -2.36. The number of benzene rings is 1. The summed E-state index contributed by atoms with van der Waals surface area (Å²) in [6.07, 6.45) is 0.120. The van der Waals surface area contributed by atoms with E-state index in [0.717, 1.165) is 0 Å². The Bertz CT molecular complexity index is 328. The van der Waals surface area contributed by atoms with E-state index in [1.54, 1.807) is 0 Å². The first-order chi connectivity index (χ1) is 7.66. The lowest BCUT2D eigenvalue weighted by molar-refractivity contribution is -0.0858. The molecule has 1 fully saturated rings. The van der Waals surface area contributed by atoms with Crippen LogP contribution in [0.1, 0.15) is 31.9 Å². The van der Waals surface area contributed by atoms with Gasteiger partial charge in [0.2, 0.25) is 0 Å². The molecule has 3 heteroatoms.